The molecule has 1 fully saturated rings. The van der Waals surface area contributed by atoms with Gasteiger partial charge in [0, 0.05) is 6.61 Å². The Hall–Kier alpha value is -0.110. The lowest BCUT2D eigenvalue weighted by Gasteiger charge is -2.50. The summed E-state index contributed by atoms with van der Waals surface area (Å²) in [6.07, 6.45) is -0.0772. The van der Waals surface area contributed by atoms with E-state index in [0.717, 1.165) is 6.42 Å². The van der Waals surface area contributed by atoms with E-state index >= 15 is 0 Å². The van der Waals surface area contributed by atoms with E-state index in [2.05, 4.69) is 41.5 Å². The predicted octanol–water partition coefficient (Wildman–Crippen LogP) is 4.46. The van der Waals surface area contributed by atoms with E-state index < -0.39 is 6.17 Å². The van der Waals surface area contributed by atoms with Crippen LogP contribution in [0.25, 0.3) is 0 Å². The van der Waals surface area contributed by atoms with Gasteiger partial charge in [0.05, 0.1) is 6.10 Å². The summed E-state index contributed by atoms with van der Waals surface area (Å²) in [5.41, 5.74) is 0.304. The van der Waals surface area contributed by atoms with Crippen LogP contribution in [-0.4, -0.2) is 18.9 Å². The fourth-order valence-electron chi connectivity index (χ4n) is 3.33. The van der Waals surface area contributed by atoms with Crippen LogP contribution in [0.4, 0.5) is 4.39 Å². The average Bonchev–Trinajstić information content (AvgIpc) is 2.13. The second kappa shape index (κ2) is 4.87. The Morgan fingerprint density at radius 3 is 1.94 bits per heavy atom. The normalized spacial score (nSPS) is 33.5. The Bertz CT molecular complexity index is 247. The molecule has 1 aliphatic rings. The molecule has 0 aromatic heterocycles. The minimum atomic E-state index is -0.885. The van der Waals surface area contributed by atoms with E-state index in [1.165, 1.54) is 0 Å². The van der Waals surface area contributed by atoms with Gasteiger partial charge in [0.2, 0.25) is 0 Å². The predicted molar refractivity (Wildman–Crippen MR) is 70.8 cm³/mol. The van der Waals surface area contributed by atoms with E-state index in [4.69, 9.17) is 4.74 Å². The molecule has 0 radical (unpaired) electrons. The second-order valence-electron chi connectivity index (χ2n) is 7.67. The smallest absolute Gasteiger partial charge is 0.124 e. The highest BCUT2D eigenvalue weighted by molar-refractivity contribution is 4.95. The summed E-state index contributed by atoms with van der Waals surface area (Å²) >= 11 is 0. The molecule has 0 aromatic rings. The molecule has 1 heterocycles. The summed E-state index contributed by atoms with van der Waals surface area (Å²) in [4.78, 5) is 0. The van der Waals surface area contributed by atoms with Crippen LogP contribution in [-0.2, 0) is 4.74 Å². The Kier molecular flexibility index (Phi) is 4.28. The van der Waals surface area contributed by atoms with Crippen LogP contribution >= 0.6 is 0 Å². The molecule has 0 amide bonds. The molecule has 17 heavy (non-hydrogen) atoms. The van der Waals surface area contributed by atoms with Crippen molar-refractivity contribution in [2.45, 2.75) is 67.2 Å². The lowest BCUT2D eigenvalue weighted by Crippen LogP contribution is -2.51. The van der Waals surface area contributed by atoms with Crippen LogP contribution in [0.1, 0.15) is 54.9 Å². The molecule has 3 unspecified atom stereocenters. The molecule has 2 heteroatoms. The zero-order chi connectivity index (χ0) is 13.4. The fourth-order valence-corrected chi connectivity index (χ4v) is 3.33. The Balaban J connectivity index is 3.04. The summed E-state index contributed by atoms with van der Waals surface area (Å²) in [5.74, 6) is 0.815. The first-order valence-electron chi connectivity index (χ1n) is 6.81. The summed E-state index contributed by atoms with van der Waals surface area (Å²) < 4.78 is 19.5. The minimum absolute atomic E-state index is 0.0867. The lowest BCUT2D eigenvalue weighted by atomic mass is 9.60. The molecule has 0 saturated carbocycles. The van der Waals surface area contributed by atoms with Crippen LogP contribution in [0.5, 0.6) is 0 Å². The first-order chi connectivity index (χ1) is 7.55. The third-order valence-corrected chi connectivity index (χ3v) is 4.09. The number of rotatable bonds is 1. The van der Waals surface area contributed by atoms with Crippen molar-refractivity contribution in [2.75, 3.05) is 6.61 Å². The van der Waals surface area contributed by atoms with Crippen molar-refractivity contribution < 1.29 is 9.13 Å². The lowest BCUT2D eigenvalue weighted by molar-refractivity contribution is -0.145. The van der Waals surface area contributed by atoms with Crippen molar-refractivity contribution in [3.05, 3.63) is 0 Å². The average molecular weight is 244 g/mol. The molecule has 1 aliphatic heterocycles. The monoisotopic (exact) mass is 244 g/mol. The summed E-state index contributed by atoms with van der Waals surface area (Å²) in [6.45, 7) is 15.8. The van der Waals surface area contributed by atoms with Gasteiger partial charge in [-0.15, -0.1) is 0 Å². The summed E-state index contributed by atoms with van der Waals surface area (Å²) in [6, 6.07) is 0. The number of ether oxygens (including phenoxy) is 1. The zero-order valence-corrected chi connectivity index (χ0v) is 12.5. The molecule has 0 N–H and O–H groups in total. The number of alkyl halides is 1. The molecule has 1 rings (SSSR count). The number of hydrogen-bond donors (Lipinski definition) is 0. The Morgan fingerprint density at radius 2 is 1.59 bits per heavy atom. The van der Waals surface area contributed by atoms with Crippen LogP contribution in [0, 0.1) is 22.7 Å². The van der Waals surface area contributed by atoms with Gasteiger partial charge in [-0.2, -0.15) is 0 Å². The molecule has 0 aromatic carbocycles. The van der Waals surface area contributed by atoms with E-state index in [0.29, 0.717) is 12.5 Å². The molecule has 1 nitrogen and oxygen atoms in total. The Morgan fingerprint density at radius 1 is 1.06 bits per heavy atom. The molecular weight excluding hydrogens is 215 g/mol. The number of hydrogen-bond acceptors (Lipinski definition) is 1. The third-order valence-electron chi connectivity index (χ3n) is 4.09. The van der Waals surface area contributed by atoms with Crippen LogP contribution in [0.15, 0.2) is 0 Å². The van der Waals surface area contributed by atoms with Crippen molar-refractivity contribution in [3.63, 3.8) is 0 Å². The Labute approximate surface area is 106 Å². The van der Waals surface area contributed by atoms with Crippen molar-refractivity contribution in [3.8, 4) is 0 Å². The van der Waals surface area contributed by atoms with Gasteiger partial charge in [-0.1, -0.05) is 41.5 Å². The second-order valence-corrected chi connectivity index (χ2v) is 7.67. The fraction of sp³-hybridized carbons (Fsp3) is 1.00. The highest BCUT2D eigenvalue weighted by Crippen LogP contribution is 2.48. The molecule has 0 spiro atoms. The van der Waals surface area contributed by atoms with Gasteiger partial charge < -0.3 is 4.74 Å². The molecule has 4 atom stereocenters. The van der Waals surface area contributed by atoms with Crippen LogP contribution in [0.3, 0.4) is 0 Å². The number of halogens is 1. The van der Waals surface area contributed by atoms with Gasteiger partial charge in [-0.3, -0.25) is 0 Å². The van der Waals surface area contributed by atoms with Crippen LogP contribution in [0.2, 0.25) is 0 Å². The summed E-state index contributed by atoms with van der Waals surface area (Å²) in [5, 5.41) is 0. The SMILES string of the molecule is CC(F)C1OCC[C@H](C(C)(C)C)C1C(C)(C)C. The standard InChI is InChI=1S/C15H29FO/c1-10(16)13-12(15(5,6)7)11(8-9-17-13)14(2,3)4/h10-13H,8-9H2,1-7H3/t10?,11-,12?,13?/m0/s1. The molecule has 0 aliphatic carbocycles. The molecule has 0 bridgehead atoms. The maximum Gasteiger partial charge on any atom is 0.124 e. The van der Waals surface area contributed by atoms with Gasteiger partial charge in [0.1, 0.15) is 6.17 Å². The van der Waals surface area contributed by atoms with Gasteiger partial charge >= 0.3 is 0 Å². The molecule has 1 saturated heterocycles. The van der Waals surface area contributed by atoms with Gasteiger partial charge in [0.15, 0.2) is 0 Å². The van der Waals surface area contributed by atoms with Crippen molar-refractivity contribution in [1.82, 2.24) is 0 Å². The van der Waals surface area contributed by atoms with Gasteiger partial charge in [-0.25, -0.2) is 4.39 Å². The quantitative estimate of drug-likeness (QED) is 0.662. The van der Waals surface area contributed by atoms with Crippen molar-refractivity contribution in [1.29, 1.82) is 0 Å². The molecular formula is C15H29FO. The van der Waals surface area contributed by atoms with Crippen molar-refractivity contribution in [2.24, 2.45) is 22.7 Å². The van der Waals surface area contributed by atoms with Gasteiger partial charge in [0.25, 0.3) is 0 Å². The van der Waals surface area contributed by atoms with E-state index in [1.54, 1.807) is 6.92 Å². The maximum absolute atomic E-state index is 13.8. The third kappa shape index (κ3) is 3.43. The molecule has 102 valence electrons. The van der Waals surface area contributed by atoms with Crippen LogP contribution < -0.4 is 0 Å². The highest BCUT2D eigenvalue weighted by Gasteiger charge is 2.47. The first kappa shape index (κ1) is 14.9. The largest absolute Gasteiger partial charge is 0.375 e. The van der Waals surface area contributed by atoms with E-state index in [1.807, 2.05) is 0 Å². The minimum Gasteiger partial charge on any atom is -0.375 e. The topological polar surface area (TPSA) is 9.23 Å². The van der Waals surface area contributed by atoms with E-state index in [9.17, 15) is 4.39 Å². The summed E-state index contributed by atoms with van der Waals surface area (Å²) in [7, 11) is 0. The van der Waals surface area contributed by atoms with Gasteiger partial charge in [-0.05, 0) is 36.0 Å². The first-order valence-corrected chi connectivity index (χ1v) is 6.81. The zero-order valence-electron chi connectivity index (χ0n) is 12.5. The maximum atomic E-state index is 13.8. The highest BCUT2D eigenvalue weighted by atomic mass is 19.1. The van der Waals surface area contributed by atoms with E-state index in [-0.39, 0.29) is 22.9 Å². The van der Waals surface area contributed by atoms with Crippen molar-refractivity contribution >= 4 is 0 Å².